The lowest BCUT2D eigenvalue weighted by atomic mass is 9.95. The highest BCUT2D eigenvalue weighted by atomic mass is 16.5. The van der Waals surface area contributed by atoms with Gasteiger partial charge < -0.3 is 19.4 Å². The Bertz CT molecular complexity index is 1050. The summed E-state index contributed by atoms with van der Waals surface area (Å²) in [5.74, 6) is 1.65. The van der Waals surface area contributed by atoms with Gasteiger partial charge in [-0.2, -0.15) is 0 Å². The molecule has 0 saturated carbocycles. The fraction of sp³-hybridized carbons (Fsp3) is 0.346. The number of hydrogen-bond acceptors (Lipinski definition) is 3. The van der Waals surface area contributed by atoms with Gasteiger partial charge in [0.15, 0.2) is 11.5 Å². The van der Waals surface area contributed by atoms with Crippen molar-refractivity contribution in [2.24, 2.45) is 5.92 Å². The lowest BCUT2D eigenvalue weighted by Crippen LogP contribution is -2.31. The fourth-order valence-corrected chi connectivity index (χ4v) is 4.07. The number of nitrogens with one attached hydrogen (secondary N) is 1. The number of rotatable bonds is 5. The van der Waals surface area contributed by atoms with E-state index in [0.29, 0.717) is 18.8 Å². The number of carbonyl (C=O) groups is 1. The van der Waals surface area contributed by atoms with E-state index in [1.54, 1.807) is 0 Å². The third-order valence-electron chi connectivity index (χ3n) is 5.74. The van der Waals surface area contributed by atoms with E-state index in [1.165, 1.54) is 11.4 Å². The molecule has 5 heteroatoms. The van der Waals surface area contributed by atoms with Gasteiger partial charge >= 0.3 is 0 Å². The van der Waals surface area contributed by atoms with E-state index in [-0.39, 0.29) is 17.9 Å². The van der Waals surface area contributed by atoms with E-state index < -0.39 is 0 Å². The highest BCUT2D eigenvalue weighted by Gasteiger charge is 2.22. The van der Waals surface area contributed by atoms with Crippen molar-refractivity contribution < 1.29 is 14.3 Å². The summed E-state index contributed by atoms with van der Waals surface area (Å²) in [6.07, 6.45) is 0.867. The van der Waals surface area contributed by atoms with Crippen molar-refractivity contribution in [1.29, 1.82) is 0 Å². The summed E-state index contributed by atoms with van der Waals surface area (Å²) in [6.45, 7) is 9.67. The first-order valence-corrected chi connectivity index (χ1v) is 10.9. The molecular weight excluding hydrogens is 388 g/mol. The van der Waals surface area contributed by atoms with Gasteiger partial charge in [0.1, 0.15) is 0 Å². The Kier molecular flexibility index (Phi) is 6.03. The van der Waals surface area contributed by atoms with Gasteiger partial charge in [0.2, 0.25) is 0 Å². The van der Waals surface area contributed by atoms with Gasteiger partial charge in [0.25, 0.3) is 5.91 Å². The van der Waals surface area contributed by atoms with Crippen LogP contribution in [0.3, 0.4) is 0 Å². The SMILES string of the molecule is Cc1ccc(C)n1-c1ccc(C(=O)N[C@@H](c2ccc3c(c2)OCCCO3)C(C)C)cc1. The number of aromatic nitrogens is 1. The van der Waals surface area contributed by atoms with Crippen molar-refractivity contribution in [3.8, 4) is 17.2 Å². The van der Waals surface area contributed by atoms with Crippen molar-refractivity contribution in [3.63, 3.8) is 0 Å². The van der Waals surface area contributed by atoms with Crippen molar-refractivity contribution in [3.05, 3.63) is 77.1 Å². The van der Waals surface area contributed by atoms with Gasteiger partial charge in [-0.1, -0.05) is 19.9 Å². The third-order valence-corrected chi connectivity index (χ3v) is 5.74. The van der Waals surface area contributed by atoms with Gasteiger partial charge in [-0.15, -0.1) is 0 Å². The number of fused-ring (bicyclic) bond motifs is 1. The molecule has 0 radical (unpaired) electrons. The highest BCUT2D eigenvalue weighted by Crippen LogP contribution is 2.34. The van der Waals surface area contributed by atoms with Gasteiger partial charge in [0.05, 0.1) is 19.3 Å². The largest absolute Gasteiger partial charge is 0.490 e. The average molecular weight is 419 g/mol. The van der Waals surface area contributed by atoms with E-state index in [2.05, 4.69) is 49.7 Å². The van der Waals surface area contributed by atoms with Crippen LogP contribution >= 0.6 is 0 Å². The summed E-state index contributed by atoms with van der Waals surface area (Å²) >= 11 is 0. The van der Waals surface area contributed by atoms with Crippen LogP contribution in [0.2, 0.25) is 0 Å². The Balaban J connectivity index is 1.54. The molecule has 4 rings (SSSR count). The molecule has 0 spiro atoms. The van der Waals surface area contributed by atoms with Gasteiger partial charge in [0, 0.05) is 29.1 Å². The number of benzene rings is 2. The molecule has 1 aliphatic rings. The number of amides is 1. The first-order valence-electron chi connectivity index (χ1n) is 10.9. The number of aryl methyl sites for hydroxylation is 2. The smallest absolute Gasteiger partial charge is 0.251 e. The molecule has 0 bridgehead atoms. The Hall–Kier alpha value is -3.21. The zero-order chi connectivity index (χ0) is 22.0. The number of nitrogens with zero attached hydrogens (tertiary/aromatic N) is 1. The molecule has 162 valence electrons. The topological polar surface area (TPSA) is 52.5 Å². The zero-order valence-electron chi connectivity index (χ0n) is 18.6. The van der Waals surface area contributed by atoms with E-state index in [9.17, 15) is 4.79 Å². The minimum atomic E-state index is -0.127. The second-order valence-electron chi connectivity index (χ2n) is 8.45. The molecule has 5 nitrogen and oxygen atoms in total. The van der Waals surface area contributed by atoms with Crippen molar-refractivity contribution in [2.75, 3.05) is 13.2 Å². The summed E-state index contributed by atoms with van der Waals surface area (Å²) in [6, 6.07) is 17.8. The first-order chi connectivity index (χ1) is 14.9. The van der Waals surface area contributed by atoms with E-state index in [0.717, 1.165) is 29.2 Å². The summed E-state index contributed by atoms with van der Waals surface area (Å²) in [5.41, 5.74) is 5.06. The Morgan fingerprint density at radius 2 is 1.55 bits per heavy atom. The van der Waals surface area contributed by atoms with Crippen LogP contribution in [-0.2, 0) is 0 Å². The average Bonchev–Trinajstić information content (AvgIpc) is 2.95. The maximum absolute atomic E-state index is 13.0. The molecular formula is C26H30N2O3. The summed E-state index contributed by atoms with van der Waals surface area (Å²) in [4.78, 5) is 13.0. The van der Waals surface area contributed by atoms with Crippen molar-refractivity contribution in [1.82, 2.24) is 9.88 Å². The maximum Gasteiger partial charge on any atom is 0.251 e. The third kappa shape index (κ3) is 4.46. The van der Waals surface area contributed by atoms with Crippen LogP contribution in [0.4, 0.5) is 0 Å². The van der Waals surface area contributed by atoms with Crippen molar-refractivity contribution >= 4 is 5.91 Å². The minimum Gasteiger partial charge on any atom is -0.490 e. The van der Waals surface area contributed by atoms with Gasteiger partial charge in [-0.05, 0) is 73.9 Å². The normalized spacial score (nSPS) is 14.2. The molecule has 31 heavy (non-hydrogen) atoms. The van der Waals surface area contributed by atoms with E-state index in [1.807, 2.05) is 42.5 Å². The Morgan fingerprint density at radius 3 is 2.19 bits per heavy atom. The molecule has 0 fully saturated rings. The molecule has 0 saturated heterocycles. The summed E-state index contributed by atoms with van der Waals surface area (Å²) in [5, 5.41) is 3.21. The second-order valence-corrected chi connectivity index (χ2v) is 8.45. The highest BCUT2D eigenvalue weighted by molar-refractivity contribution is 5.94. The Morgan fingerprint density at radius 1 is 0.903 bits per heavy atom. The number of carbonyl (C=O) groups excluding carboxylic acids is 1. The summed E-state index contributed by atoms with van der Waals surface area (Å²) < 4.78 is 13.8. The molecule has 1 aromatic heterocycles. The number of ether oxygens (including phenoxy) is 2. The maximum atomic E-state index is 13.0. The lowest BCUT2D eigenvalue weighted by Gasteiger charge is -2.24. The Labute approximate surface area is 184 Å². The quantitative estimate of drug-likeness (QED) is 0.605. The van der Waals surface area contributed by atoms with Crippen LogP contribution in [0.15, 0.2) is 54.6 Å². The molecule has 2 aromatic carbocycles. The van der Waals surface area contributed by atoms with Crippen molar-refractivity contribution in [2.45, 2.75) is 40.2 Å². The summed E-state index contributed by atoms with van der Waals surface area (Å²) in [7, 11) is 0. The predicted octanol–water partition coefficient (Wildman–Crippen LogP) is 5.38. The van der Waals surface area contributed by atoms with Crippen LogP contribution < -0.4 is 14.8 Å². The molecule has 1 N–H and O–H groups in total. The number of hydrogen-bond donors (Lipinski definition) is 1. The van der Waals surface area contributed by atoms with Crippen LogP contribution in [0.1, 0.15) is 53.6 Å². The second kappa shape index (κ2) is 8.88. The molecule has 1 atom stereocenters. The predicted molar refractivity (Wildman–Crippen MR) is 122 cm³/mol. The molecule has 1 aliphatic heterocycles. The first kappa shape index (κ1) is 21.0. The minimum absolute atomic E-state index is 0.0849. The molecule has 3 aromatic rings. The lowest BCUT2D eigenvalue weighted by molar-refractivity contribution is 0.0925. The van der Waals surface area contributed by atoms with Gasteiger partial charge in [-0.25, -0.2) is 0 Å². The standard InChI is InChI=1S/C26H30N2O3/c1-17(2)25(21-10-13-23-24(16-21)31-15-5-14-30-23)27-26(29)20-8-11-22(12-9-20)28-18(3)6-7-19(28)4/h6-13,16-17,25H,5,14-15H2,1-4H3,(H,27,29)/t25-/m1/s1. The molecule has 0 aliphatic carbocycles. The van der Waals surface area contributed by atoms with Crippen LogP contribution in [0, 0.1) is 19.8 Å². The zero-order valence-corrected chi connectivity index (χ0v) is 18.6. The van der Waals surface area contributed by atoms with E-state index in [4.69, 9.17) is 9.47 Å². The van der Waals surface area contributed by atoms with Gasteiger partial charge in [-0.3, -0.25) is 4.79 Å². The molecule has 2 heterocycles. The molecule has 0 unspecified atom stereocenters. The van der Waals surface area contributed by atoms with E-state index >= 15 is 0 Å². The monoisotopic (exact) mass is 418 g/mol. The van der Waals surface area contributed by atoms with Crippen LogP contribution in [0.25, 0.3) is 5.69 Å². The molecule has 1 amide bonds. The van der Waals surface area contributed by atoms with Crippen LogP contribution in [-0.4, -0.2) is 23.7 Å². The van der Waals surface area contributed by atoms with Crippen LogP contribution in [0.5, 0.6) is 11.5 Å². The fourth-order valence-electron chi connectivity index (χ4n) is 4.07.